The first-order valence-corrected chi connectivity index (χ1v) is 7.20. The Morgan fingerprint density at radius 3 is 2.52 bits per heavy atom. The van der Waals surface area contributed by atoms with Crippen molar-refractivity contribution >= 4 is 17.6 Å². The first-order valence-electron chi connectivity index (χ1n) is 7.20. The largest absolute Gasteiger partial charge is 0.478 e. The highest BCUT2D eigenvalue weighted by atomic mass is 16.6. The lowest BCUT2D eigenvalue weighted by Gasteiger charge is -2.16. The van der Waals surface area contributed by atoms with Gasteiger partial charge in [-0.05, 0) is 25.1 Å². The number of benzene rings is 1. The molecule has 0 bridgehead atoms. The Morgan fingerprint density at radius 2 is 2.00 bits per heavy atom. The maximum absolute atomic E-state index is 12.4. The number of carbonyl (C=O) groups excluding carboxylic acids is 1. The van der Waals surface area contributed by atoms with Crippen molar-refractivity contribution in [1.29, 1.82) is 0 Å². The van der Waals surface area contributed by atoms with Crippen molar-refractivity contribution < 1.29 is 28.8 Å². The van der Waals surface area contributed by atoms with Crippen molar-refractivity contribution in [2.75, 3.05) is 13.7 Å². The van der Waals surface area contributed by atoms with Crippen LogP contribution in [0.15, 0.2) is 34.7 Å². The highest BCUT2D eigenvalue weighted by Crippen LogP contribution is 2.20. The summed E-state index contributed by atoms with van der Waals surface area (Å²) < 4.78 is 10.5. The average molecular weight is 348 g/mol. The normalized spacial score (nSPS) is 11.8. The zero-order valence-electron chi connectivity index (χ0n) is 13.5. The maximum atomic E-state index is 12.4. The number of aromatic carboxylic acids is 1. The molecule has 1 heterocycles. The van der Waals surface area contributed by atoms with Gasteiger partial charge in [0.25, 0.3) is 11.6 Å². The van der Waals surface area contributed by atoms with Crippen molar-refractivity contribution in [1.82, 2.24) is 5.32 Å². The van der Waals surface area contributed by atoms with Crippen molar-refractivity contribution in [3.05, 3.63) is 63.1 Å². The van der Waals surface area contributed by atoms with Gasteiger partial charge in [0.15, 0.2) is 0 Å². The summed E-state index contributed by atoms with van der Waals surface area (Å²) in [5, 5.41) is 22.6. The second kappa shape index (κ2) is 7.58. The standard InChI is InChI=1S/C16H16N2O7/c1-9-3-4-14(25-9)13(8-24-2)17-15(19)10-5-11(16(20)21)7-12(6-10)18(22)23/h3-7,13H,8H2,1-2H3,(H,17,19)(H,20,21). The molecule has 2 rings (SSSR count). The molecule has 2 N–H and O–H groups in total. The molecule has 1 unspecified atom stereocenters. The Morgan fingerprint density at radius 1 is 1.32 bits per heavy atom. The smallest absolute Gasteiger partial charge is 0.335 e. The number of methoxy groups -OCH3 is 1. The minimum Gasteiger partial charge on any atom is -0.478 e. The number of hydrogen-bond acceptors (Lipinski definition) is 6. The Balaban J connectivity index is 2.32. The van der Waals surface area contributed by atoms with Crippen LogP contribution in [-0.4, -0.2) is 35.6 Å². The quantitative estimate of drug-likeness (QED) is 0.579. The number of aryl methyl sites for hydroxylation is 1. The molecule has 9 heteroatoms. The second-order valence-corrected chi connectivity index (χ2v) is 5.26. The number of carboxylic acids is 1. The van der Waals surface area contributed by atoms with Gasteiger partial charge in [-0.1, -0.05) is 0 Å². The van der Waals surface area contributed by atoms with E-state index in [4.69, 9.17) is 14.3 Å². The van der Waals surface area contributed by atoms with E-state index in [2.05, 4.69) is 5.32 Å². The number of nitro groups is 1. The Hall–Kier alpha value is -3.20. The lowest BCUT2D eigenvalue weighted by molar-refractivity contribution is -0.384. The predicted molar refractivity (Wildman–Crippen MR) is 85.6 cm³/mol. The number of rotatable bonds is 7. The number of carboxylic acid groups (broad SMARTS) is 1. The summed E-state index contributed by atoms with van der Waals surface area (Å²) >= 11 is 0. The van der Waals surface area contributed by atoms with Crippen LogP contribution in [0.4, 0.5) is 5.69 Å². The van der Waals surface area contributed by atoms with Crippen molar-refractivity contribution in [2.24, 2.45) is 0 Å². The van der Waals surface area contributed by atoms with Gasteiger partial charge in [0.2, 0.25) is 0 Å². The Kier molecular flexibility index (Phi) is 5.50. The molecule has 0 aliphatic rings. The fourth-order valence-corrected chi connectivity index (χ4v) is 2.22. The molecule has 1 atom stereocenters. The fourth-order valence-electron chi connectivity index (χ4n) is 2.22. The molecule has 0 aliphatic heterocycles. The number of ether oxygens (including phenoxy) is 1. The minimum absolute atomic E-state index is 0.111. The molecule has 132 valence electrons. The lowest BCUT2D eigenvalue weighted by atomic mass is 10.1. The molecule has 0 spiro atoms. The van der Waals surface area contributed by atoms with E-state index in [9.17, 15) is 19.7 Å². The van der Waals surface area contributed by atoms with Crippen LogP contribution in [-0.2, 0) is 4.74 Å². The topological polar surface area (TPSA) is 132 Å². The van der Waals surface area contributed by atoms with Crippen LogP contribution in [0.25, 0.3) is 0 Å². The van der Waals surface area contributed by atoms with Gasteiger partial charge in [-0.25, -0.2) is 4.79 Å². The van der Waals surface area contributed by atoms with Gasteiger partial charge in [-0.15, -0.1) is 0 Å². The summed E-state index contributed by atoms with van der Waals surface area (Å²) in [6.45, 7) is 1.86. The number of nitrogens with zero attached hydrogens (tertiary/aromatic N) is 1. The van der Waals surface area contributed by atoms with Crippen LogP contribution in [0, 0.1) is 17.0 Å². The lowest BCUT2D eigenvalue weighted by Crippen LogP contribution is -2.31. The molecule has 2 aromatic rings. The van der Waals surface area contributed by atoms with Crippen LogP contribution in [0.5, 0.6) is 0 Å². The third-order valence-electron chi connectivity index (χ3n) is 3.38. The number of nitro benzene ring substituents is 1. The van der Waals surface area contributed by atoms with Crippen molar-refractivity contribution in [3.8, 4) is 0 Å². The molecule has 1 aromatic carbocycles. The van der Waals surface area contributed by atoms with Crippen LogP contribution < -0.4 is 5.32 Å². The van der Waals surface area contributed by atoms with E-state index in [1.165, 1.54) is 7.11 Å². The summed E-state index contributed by atoms with van der Waals surface area (Å²) in [4.78, 5) is 33.7. The third kappa shape index (κ3) is 4.42. The molecule has 0 saturated carbocycles. The van der Waals surface area contributed by atoms with E-state index in [0.717, 1.165) is 18.2 Å². The molecular formula is C16H16N2O7. The Labute approximate surface area is 142 Å². The molecule has 1 aromatic heterocycles. The number of carbonyl (C=O) groups is 2. The monoisotopic (exact) mass is 348 g/mol. The Bertz CT molecular complexity index is 780. The third-order valence-corrected chi connectivity index (χ3v) is 3.38. The summed E-state index contributed by atoms with van der Waals surface area (Å²) in [6.07, 6.45) is 0. The van der Waals surface area contributed by atoms with E-state index >= 15 is 0 Å². The summed E-state index contributed by atoms with van der Waals surface area (Å²) in [5.41, 5.74) is -0.977. The van der Waals surface area contributed by atoms with Crippen molar-refractivity contribution in [3.63, 3.8) is 0 Å². The van der Waals surface area contributed by atoms with Gasteiger partial charge in [0.05, 0.1) is 17.1 Å². The van der Waals surface area contributed by atoms with Gasteiger partial charge < -0.3 is 19.6 Å². The molecule has 1 amide bonds. The molecule has 9 nitrogen and oxygen atoms in total. The predicted octanol–water partition coefficient (Wildman–Crippen LogP) is 2.31. The van der Waals surface area contributed by atoms with E-state index < -0.39 is 28.5 Å². The summed E-state index contributed by atoms with van der Waals surface area (Å²) in [6, 6.07) is 5.75. The molecule has 0 radical (unpaired) electrons. The number of hydrogen-bond donors (Lipinski definition) is 2. The zero-order chi connectivity index (χ0) is 18.6. The highest BCUT2D eigenvalue weighted by molar-refractivity contribution is 5.98. The average Bonchev–Trinajstić information content (AvgIpc) is 3.00. The van der Waals surface area contributed by atoms with Crippen LogP contribution in [0.2, 0.25) is 0 Å². The molecule has 0 saturated heterocycles. The number of non-ortho nitro benzene ring substituents is 1. The number of furan rings is 1. The van der Waals surface area contributed by atoms with Crippen LogP contribution >= 0.6 is 0 Å². The van der Waals surface area contributed by atoms with Crippen molar-refractivity contribution in [2.45, 2.75) is 13.0 Å². The summed E-state index contributed by atoms with van der Waals surface area (Å²) in [5.74, 6) is -0.944. The zero-order valence-corrected chi connectivity index (χ0v) is 13.5. The fraction of sp³-hybridized carbons (Fsp3) is 0.250. The van der Waals surface area contributed by atoms with E-state index in [0.29, 0.717) is 11.5 Å². The van der Waals surface area contributed by atoms with Crippen LogP contribution in [0.1, 0.15) is 38.3 Å². The molecule has 25 heavy (non-hydrogen) atoms. The van der Waals surface area contributed by atoms with Gasteiger partial charge in [-0.2, -0.15) is 0 Å². The van der Waals surface area contributed by atoms with Gasteiger partial charge in [0.1, 0.15) is 17.6 Å². The molecular weight excluding hydrogens is 332 g/mol. The SMILES string of the molecule is COCC(NC(=O)c1cc(C(=O)O)cc([N+](=O)[O-])c1)c1ccc(C)o1. The highest BCUT2D eigenvalue weighted by Gasteiger charge is 2.22. The van der Waals surface area contributed by atoms with E-state index in [1.807, 2.05) is 0 Å². The number of amides is 1. The minimum atomic E-state index is -1.37. The molecule has 0 aliphatic carbocycles. The van der Waals surface area contributed by atoms with E-state index in [1.54, 1.807) is 19.1 Å². The molecule has 0 fully saturated rings. The first-order chi connectivity index (χ1) is 11.8. The van der Waals surface area contributed by atoms with Gasteiger partial charge in [0, 0.05) is 24.8 Å². The van der Waals surface area contributed by atoms with Crippen LogP contribution in [0.3, 0.4) is 0 Å². The summed E-state index contributed by atoms with van der Waals surface area (Å²) in [7, 11) is 1.45. The van der Waals surface area contributed by atoms with Gasteiger partial charge in [-0.3, -0.25) is 14.9 Å². The van der Waals surface area contributed by atoms with E-state index in [-0.39, 0.29) is 17.7 Å². The van der Waals surface area contributed by atoms with Gasteiger partial charge >= 0.3 is 5.97 Å². The second-order valence-electron chi connectivity index (χ2n) is 5.26. The maximum Gasteiger partial charge on any atom is 0.335 e. The number of nitrogens with one attached hydrogen (secondary N) is 1. The first kappa shape index (κ1) is 18.1.